The number of likely N-dealkylation sites (N-methyl/N-ethyl adjacent to an activating group) is 1. The van der Waals surface area contributed by atoms with Crippen LogP contribution in [-0.2, 0) is 28.3 Å². The largest absolute Gasteiger partial charge is 0.339 e. The molecule has 1 aromatic carbocycles. The molecule has 0 atom stereocenters. The number of hydrogen-bond acceptors (Lipinski definition) is 4. The van der Waals surface area contributed by atoms with Gasteiger partial charge >= 0.3 is 0 Å². The number of hydrogen-bond donors (Lipinski definition) is 0. The number of carbonyl (C=O) groups is 1. The van der Waals surface area contributed by atoms with Gasteiger partial charge in [-0.3, -0.25) is 4.79 Å². The van der Waals surface area contributed by atoms with Crippen molar-refractivity contribution in [1.29, 1.82) is 0 Å². The topological polar surface area (TPSA) is 75.5 Å². The molecule has 0 N–H and O–H groups in total. The minimum Gasteiger partial charge on any atom is -0.339 e. The Balaban J connectivity index is 2.24. The molecule has 1 amide bonds. The summed E-state index contributed by atoms with van der Waals surface area (Å²) in [5.74, 6) is 0.813. The lowest BCUT2D eigenvalue weighted by Crippen LogP contribution is -2.32. The van der Waals surface area contributed by atoms with E-state index >= 15 is 0 Å². The van der Waals surface area contributed by atoms with E-state index in [9.17, 15) is 13.2 Å². The first-order chi connectivity index (χ1) is 12.6. The molecule has 0 aliphatic heterocycles. The first-order valence-electron chi connectivity index (χ1n) is 8.88. The molecule has 0 saturated heterocycles. The van der Waals surface area contributed by atoms with Crippen LogP contribution in [0.1, 0.15) is 26.1 Å². The summed E-state index contributed by atoms with van der Waals surface area (Å²) in [4.78, 5) is 19.0. The highest BCUT2D eigenvalue weighted by Gasteiger charge is 2.19. The second-order valence-corrected chi connectivity index (χ2v) is 9.04. The monoisotopic (exact) mass is 392 g/mol. The number of amides is 1. The summed E-state index contributed by atoms with van der Waals surface area (Å²) in [6, 6.07) is 4.92. The van der Waals surface area contributed by atoms with Crippen molar-refractivity contribution in [2.75, 3.05) is 27.2 Å². The lowest BCUT2D eigenvalue weighted by molar-refractivity contribution is -0.130. The molecule has 0 spiro atoms. The predicted molar refractivity (Wildman–Crippen MR) is 107 cm³/mol. The van der Waals surface area contributed by atoms with Crippen molar-refractivity contribution in [2.24, 2.45) is 7.05 Å². The van der Waals surface area contributed by atoms with Crippen molar-refractivity contribution >= 4 is 27.0 Å². The van der Waals surface area contributed by atoms with E-state index in [1.165, 1.54) is 18.4 Å². The molecule has 8 heteroatoms. The summed E-state index contributed by atoms with van der Waals surface area (Å²) in [6.07, 6.45) is 0.841. The summed E-state index contributed by atoms with van der Waals surface area (Å²) in [6.45, 7) is 8.91. The van der Waals surface area contributed by atoms with Crippen molar-refractivity contribution < 1.29 is 13.2 Å². The van der Waals surface area contributed by atoms with Crippen LogP contribution in [0, 0.1) is 0 Å². The van der Waals surface area contributed by atoms with Crippen LogP contribution in [0.15, 0.2) is 35.2 Å². The first-order valence-corrected chi connectivity index (χ1v) is 10.3. The van der Waals surface area contributed by atoms with Crippen molar-refractivity contribution in [3.63, 3.8) is 0 Å². The molecule has 0 unspecified atom stereocenters. The standard InChI is InChI=1S/C19H28N4O3S/c1-7-23(13-14(2)3)19(24)11-10-18-20-16-12-15(27(25,26)21(4)5)8-9-17(16)22(18)6/h8-9,12H,2,7,10-11,13H2,1,3-6H3. The highest BCUT2D eigenvalue weighted by atomic mass is 32.2. The second kappa shape index (κ2) is 8.22. The number of sulfonamides is 1. The molecule has 0 fully saturated rings. The predicted octanol–water partition coefficient (Wildman–Crippen LogP) is 2.18. The highest BCUT2D eigenvalue weighted by Crippen LogP contribution is 2.22. The summed E-state index contributed by atoms with van der Waals surface area (Å²) >= 11 is 0. The van der Waals surface area contributed by atoms with Crippen LogP contribution in [0.5, 0.6) is 0 Å². The Labute approximate surface area is 161 Å². The van der Waals surface area contributed by atoms with Gasteiger partial charge in [-0.1, -0.05) is 12.2 Å². The van der Waals surface area contributed by atoms with Crippen LogP contribution in [0.2, 0.25) is 0 Å². The summed E-state index contributed by atoms with van der Waals surface area (Å²) in [7, 11) is 1.37. The number of imidazole rings is 1. The fourth-order valence-corrected chi connectivity index (χ4v) is 3.83. The fraction of sp³-hybridized carbons (Fsp3) is 0.474. The maximum atomic E-state index is 12.4. The molecule has 1 heterocycles. The molecular formula is C19H28N4O3S. The first kappa shape index (κ1) is 21.1. The van der Waals surface area contributed by atoms with Crippen LogP contribution in [0.4, 0.5) is 0 Å². The van der Waals surface area contributed by atoms with Crippen LogP contribution in [0.3, 0.4) is 0 Å². The number of nitrogens with zero attached hydrogens (tertiary/aromatic N) is 4. The molecule has 0 radical (unpaired) electrons. The zero-order valence-corrected chi connectivity index (χ0v) is 17.5. The van der Waals surface area contributed by atoms with Crippen LogP contribution in [0.25, 0.3) is 11.0 Å². The molecule has 7 nitrogen and oxygen atoms in total. The molecule has 0 aliphatic rings. The number of aryl methyl sites for hydroxylation is 2. The second-order valence-electron chi connectivity index (χ2n) is 6.89. The number of carbonyl (C=O) groups excluding carboxylic acids is 1. The van der Waals surface area contributed by atoms with Gasteiger partial charge in [0.1, 0.15) is 5.82 Å². The number of aromatic nitrogens is 2. The van der Waals surface area contributed by atoms with E-state index in [1.807, 2.05) is 25.5 Å². The van der Waals surface area contributed by atoms with E-state index in [1.54, 1.807) is 23.1 Å². The SMILES string of the molecule is C=C(C)CN(CC)C(=O)CCc1nc2cc(S(=O)(=O)N(C)C)ccc2n1C. The van der Waals surface area contributed by atoms with Gasteiger partial charge in [-0.25, -0.2) is 17.7 Å². The van der Waals surface area contributed by atoms with Crippen molar-refractivity contribution in [3.8, 4) is 0 Å². The number of fused-ring (bicyclic) bond motifs is 1. The third-order valence-electron chi connectivity index (χ3n) is 4.48. The van der Waals surface area contributed by atoms with E-state index in [4.69, 9.17) is 0 Å². The molecule has 0 aliphatic carbocycles. The Bertz CT molecular complexity index is 961. The van der Waals surface area contributed by atoms with Crippen LogP contribution >= 0.6 is 0 Å². The Hall–Kier alpha value is -2.19. The van der Waals surface area contributed by atoms with Crippen LogP contribution in [-0.4, -0.2) is 60.3 Å². The average Bonchev–Trinajstić information content (AvgIpc) is 2.92. The summed E-state index contributed by atoms with van der Waals surface area (Å²) in [5, 5.41) is 0. The zero-order chi connectivity index (χ0) is 20.4. The molecule has 2 aromatic rings. The van der Waals surface area contributed by atoms with Gasteiger partial charge in [0.25, 0.3) is 0 Å². The Morgan fingerprint density at radius 2 is 1.96 bits per heavy atom. The van der Waals surface area contributed by atoms with Crippen LogP contribution < -0.4 is 0 Å². The lowest BCUT2D eigenvalue weighted by Gasteiger charge is -2.20. The zero-order valence-electron chi connectivity index (χ0n) is 16.7. The summed E-state index contributed by atoms with van der Waals surface area (Å²) < 4.78 is 27.7. The molecule has 148 valence electrons. The molecule has 1 aromatic heterocycles. The van der Waals surface area contributed by atoms with Gasteiger partial charge in [-0.05, 0) is 32.0 Å². The van der Waals surface area contributed by atoms with Gasteiger partial charge < -0.3 is 9.47 Å². The third-order valence-corrected chi connectivity index (χ3v) is 6.29. The average molecular weight is 393 g/mol. The third kappa shape index (κ3) is 4.56. The number of benzene rings is 1. The molecular weight excluding hydrogens is 364 g/mol. The maximum absolute atomic E-state index is 12.4. The number of rotatable bonds is 8. The Kier molecular flexibility index (Phi) is 6.43. The molecule has 0 bridgehead atoms. The smallest absolute Gasteiger partial charge is 0.242 e. The minimum absolute atomic E-state index is 0.0587. The quantitative estimate of drug-likeness (QED) is 0.645. The van der Waals surface area contributed by atoms with Crippen molar-refractivity contribution in [3.05, 3.63) is 36.2 Å². The normalized spacial score (nSPS) is 11.9. The van der Waals surface area contributed by atoms with E-state index in [2.05, 4.69) is 11.6 Å². The minimum atomic E-state index is -3.51. The lowest BCUT2D eigenvalue weighted by atomic mass is 10.2. The van der Waals surface area contributed by atoms with E-state index < -0.39 is 10.0 Å². The molecule has 2 rings (SSSR count). The van der Waals surface area contributed by atoms with Gasteiger partial charge in [0.05, 0.1) is 15.9 Å². The van der Waals surface area contributed by atoms with E-state index in [0.717, 1.165) is 16.9 Å². The van der Waals surface area contributed by atoms with Crippen molar-refractivity contribution in [2.45, 2.75) is 31.6 Å². The summed E-state index contributed by atoms with van der Waals surface area (Å²) in [5.41, 5.74) is 2.39. The Morgan fingerprint density at radius 1 is 1.30 bits per heavy atom. The highest BCUT2D eigenvalue weighted by molar-refractivity contribution is 7.89. The van der Waals surface area contributed by atoms with Gasteiger partial charge in [-0.2, -0.15) is 0 Å². The molecule has 27 heavy (non-hydrogen) atoms. The van der Waals surface area contributed by atoms with E-state index in [0.29, 0.717) is 31.4 Å². The van der Waals surface area contributed by atoms with Gasteiger partial charge in [0.15, 0.2) is 0 Å². The van der Waals surface area contributed by atoms with Crippen molar-refractivity contribution in [1.82, 2.24) is 18.8 Å². The maximum Gasteiger partial charge on any atom is 0.242 e. The van der Waals surface area contributed by atoms with E-state index in [-0.39, 0.29) is 10.8 Å². The molecule has 0 saturated carbocycles. The fourth-order valence-electron chi connectivity index (χ4n) is 2.90. The van der Waals surface area contributed by atoms with Gasteiger partial charge in [0, 0.05) is 47.1 Å². The van der Waals surface area contributed by atoms with Gasteiger partial charge in [-0.15, -0.1) is 0 Å². The Morgan fingerprint density at radius 3 is 2.52 bits per heavy atom. The van der Waals surface area contributed by atoms with Gasteiger partial charge in [0.2, 0.25) is 15.9 Å².